The van der Waals surface area contributed by atoms with E-state index in [1.54, 1.807) is 0 Å². The highest BCUT2D eigenvalue weighted by Crippen LogP contribution is 2.26. The summed E-state index contributed by atoms with van der Waals surface area (Å²) in [5.41, 5.74) is 8.47. The number of guanidine groups is 1. The Morgan fingerprint density at radius 3 is 2.70 bits per heavy atom. The van der Waals surface area contributed by atoms with Gasteiger partial charge in [0.1, 0.15) is 0 Å². The highest BCUT2D eigenvalue weighted by atomic mass is 35.5. The number of hydrogen-bond donors (Lipinski definition) is 1. The number of nitrogens with zero attached hydrogens (tertiary/aromatic N) is 3. The van der Waals surface area contributed by atoms with Crippen molar-refractivity contribution in [1.29, 1.82) is 0 Å². The second-order valence-electron chi connectivity index (χ2n) is 5.65. The largest absolute Gasteiger partial charge is 0.378 e. The summed E-state index contributed by atoms with van der Waals surface area (Å²) >= 11 is 8.15. The number of anilines is 1. The maximum Gasteiger partial charge on any atom is 0.191 e. The molecule has 7 heteroatoms. The molecule has 126 valence electrons. The first-order valence-corrected chi connectivity index (χ1v) is 9.51. The van der Waals surface area contributed by atoms with E-state index in [9.17, 15) is 0 Å². The van der Waals surface area contributed by atoms with E-state index in [2.05, 4.69) is 20.9 Å². The van der Waals surface area contributed by atoms with Crippen molar-refractivity contribution in [3.63, 3.8) is 0 Å². The number of thioether (sulfide) groups is 1. The lowest BCUT2D eigenvalue weighted by molar-refractivity contribution is 0.122. The second-order valence-corrected chi connectivity index (χ2v) is 7.31. The fourth-order valence-corrected chi connectivity index (χ4v) is 3.95. The lowest BCUT2D eigenvalue weighted by Gasteiger charge is -2.31. The first kappa shape index (κ1) is 16.7. The van der Waals surface area contributed by atoms with Gasteiger partial charge in [-0.15, -0.1) is 0 Å². The summed E-state index contributed by atoms with van der Waals surface area (Å²) in [6, 6.07) is 6.01. The summed E-state index contributed by atoms with van der Waals surface area (Å²) in [7, 11) is 0. The quantitative estimate of drug-likeness (QED) is 0.665. The van der Waals surface area contributed by atoms with Gasteiger partial charge in [0.25, 0.3) is 0 Å². The summed E-state index contributed by atoms with van der Waals surface area (Å²) in [4.78, 5) is 9.10. The van der Waals surface area contributed by atoms with Crippen molar-refractivity contribution in [3.8, 4) is 0 Å². The van der Waals surface area contributed by atoms with Crippen LogP contribution in [0.1, 0.15) is 5.56 Å². The minimum atomic E-state index is 0.558. The van der Waals surface area contributed by atoms with Gasteiger partial charge in [0, 0.05) is 48.4 Å². The molecule has 0 bridgehead atoms. The molecule has 0 aliphatic carbocycles. The number of rotatable bonds is 3. The van der Waals surface area contributed by atoms with E-state index in [4.69, 9.17) is 22.1 Å². The molecule has 2 saturated heterocycles. The molecule has 3 rings (SSSR count). The fraction of sp³-hybridized carbons (Fsp3) is 0.562. The van der Waals surface area contributed by atoms with Crippen LogP contribution >= 0.6 is 23.4 Å². The van der Waals surface area contributed by atoms with Gasteiger partial charge in [0.2, 0.25) is 0 Å². The van der Waals surface area contributed by atoms with Gasteiger partial charge in [-0.05, 0) is 23.8 Å². The van der Waals surface area contributed by atoms with E-state index in [1.165, 1.54) is 5.69 Å². The van der Waals surface area contributed by atoms with Crippen LogP contribution in [0.5, 0.6) is 0 Å². The molecule has 2 heterocycles. The van der Waals surface area contributed by atoms with E-state index in [-0.39, 0.29) is 0 Å². The minimum absolute atomic E-state index is 0.558. The Balaban J connectivity index is 1.74. The third-order valence-corrected chi connectivity index (χ3v) is 5.32. The van der Waals surface area contributed by atoms with Crippen molar-refractivity contribution in [3.05, 3.63) is 28.8 Å². The Kier molecular flexibility index (Phi) is 5.91. The van der Waals surface area contributed by atoms with Gasteiger partial charge in [-0.3, -0.25) is 0 Å². The molecule has 1 aromatic rings. The number of aliphatic imine (C=N–C) groups is 1. The number of benzene rings is 1. The molecule has 5 nitrogen and oxygen atoms in total. The lowest BCUT2D eigenvalue weighted by Crippen LogP contribution is -2.42. The van der Waals surface area contributed by atoms with E-state index in [0.717, 1.165) is 61.5 Å². The van der Waals surface area contributed by atoms with Crippen molar-refractivity contribution >= 4 is 35.0 Å². The fourth-order valence-electron chi connectivity index (χ4n) is 2.85. The molecule has 0 radical (unpaired) electrons. The summed E-state index contributed by atoms with van der Waals surface area (Å²) in [6.07, 6.45) is 0. The van der Waals surface area contributed by atoms with Crippen LogP contribution in [0.4, 0.5) is 5.69 Å². The average Bonchev–Trinajstić information content (AvgIpc) is 2.61. The number of halogens is 1. The van der Waals surface area contributed by atoms with Gasteiger partial charge in [0.05, 0.1) is 19.8 Å². The van der Waals surface area contributed by atoms with Crippen LogP contribution in [-0.4, -0.2) is 61.8 Å². The topological polar surface area (TPSA) is 54.1 Å². The molecule has 2 aliphatic heterocycles. The molecule has 0 spiro atoms. The summed E-state index contributed by atoms with van der Waals surface area (Å²) < 4.78 is 5.44. The number of hydrogen-bond acceptors (Lipinski definition) is 4. The third kappa shape index (κ3) is 4.46. The molecule has 2 fully saturated rings. The standard InChI is InChI=1S/C16H23ClN4OS/c17-14-1-2-15(20-3-7-22-8-4-20)13(11-14)12-19-16(18)21-5-9-23-10-6-21/h1-2,11H,3-10,12H2,(H2,18,19). The summed E-state index contributed by atoms with van der Waals surface area (Å²) in [6.45, 7) is 5.84. The monoisotopic (exact) mass is 354 g/mol. The molecule has 2 N–H and O–H groups in total. The molecular weight excluding hydrogens is 332 g/mol. The van der Waals surface area contributed by atoms with Crippen LogP contribution in [0.3, 0.4) is 0 Å². The minimum Gasteiger partial charge on any atom is -0.378 e. The second kappa shape index (κ2) is 8.13. The SMILES string of the molecule is NC(=NCc1cc(Cl)ccc1N1CCOCC1)N1CCSCC1. The molecule has 0 amide bonds. The molecule has 1 aromatic carbocycles. The van der Waals surface area contributed by atoms with E-state index >= 15 is 0 Å². The lowest BCUT2D eigenvalue weighted by atomic mass is 10.1. The Hall–Kier alpha value is -1.11. The van der Waals surface area contributed by atoms with Gasteiger partial charge >= 0.3 is 0 Å². The highest BCUT2D eigenvalue weighted by Gasteiger charge is 2.16. The first-order valence-electron chi connectivity index (χ1n) is 7.98. The molecule has 2 aliphatic rings. The van der Waals surface area contributed by atoms with E-state index in [1.807, 2.05) is 23.9 Å². The van der Waals surface area contributed by atoms with Crippen molar-refractivity contribution in [2.45, 2.75) is 6.54 Å². The van der Waals surface area contributed by atoms with Crippen molar-refractivity contribution in [2.24, 2.45) is 10.7 Å². The number of morpholine rings is 1. The van der Waals surface area contributed by atoms with Gasteiger partial charge < -0.3 is 20.3 Å². The van der Waals surface area contributed by atoms with Gasteiger partial charge in [0.15, 0.2) is 5.96 Å². The van der Waals surface area contributed by atoms with Crippen LogP contribution in [-0.2, 0) is 11.3 Å². The Morgan fingerprint density at radius 1 is 1.22 bits per heavy atom. The van der Waals surface area contributed by atoms with Crippen molar-refractivity contribution in [2.75, 3.05) is 55.8 Å². The van der Waals surface area contributed by atoms with Crippen molar-refractivity contribution in [1.82, 2.24) is 4.90 Å². The predicted molar refractivity (Wildman–Crippen MR) is 98.7 cm³/mol. The normalized spacial score (nSPS) is 20.0. The van der Waals surface area contributed by atoms with E-state index in [0.29, 0.717) is 12.5 Å². The molecule has 0 saturated carbocycles. The molecule has 0 atom stereocenters. The highest BCUT2D eigenvalue weighted by molar-refractivity contribution is 7.99. The van der Waals surface area contributed by atoms with Crippen LogP contribution < -0.4 is 10.6 Å². The van der Waals surface area contributed by atoms with E-state index < -0.39 is 0 Å². The van der Waals surface area contributed by atoms with Crippen LogP contribution in [0.25, 0.3) is 0 Å². The Morgan fingerprint density at radius 2 is 1.96 bits per heavy atom. The zero-order chi connectivity index (χ0) is 16.1. The Bertz CT molecular complexity index is 557. The van der Waals surface area contributed by atoms with Crippen LogP contribution in [0, 0.1) is 0 Å². The van der Waals surface area contributed by atoms with Crippen LogP contribution in [0.2, 0.25) is 5.02 Å². The summed E-state index contributed by atoms with van der Waals surface area (Å²) in [5.74, 6) is 2.87. The maximum atomic E-state index is 6.18. The molecule has 23 heavy (non-hydrogen) atoms. The van der Waals surface area contributed by atoms with Gasteiger partial charge in [-0.1, -0.05) is 11.6 Å². The summed E-state index contributed by atoms with van der Waals surface area (Å²) in [5, 5.41) is 0.736. The van der Waals surface area contributed by atoms with Gasteiger partial charge in [-0.2, -0.15) is 11.8 Å². The Labute approximate surface area is 146 Å². The maximum absolute atomic E-state index is 6.18. The number of nitrogens with two attached hydrogens (primary N) is 1. The third-order valence-electron chi connectivity index (χ3n) is 4.14. The first-order chi connectivity index (χ1) is 11.2. The average molecular weight is 355 g/mol. The molecule has 0 unspecified atom stereocenters. The van der Waals surface area contributed by atoms with Crippen molar-refractivity contribution < 1.29 is 4.74 Å². The molecular formula is C16H23ClN4OS. The van der Waals surface area contributed by atoms with Crippen LogP contribution in [0.15, 0.2) is 23.2 Å². The van der Waals surface area contributed by atoms with Gasteiger partial charge in [-0.25, -0.2) is 4.99 Å². The predicted octanol–water partition coefficient (Wildman–Crippen LogP) is 2.04. The smallest absolute Gasteiger partial charge is 0.191 e. The zero-order valence-corrected chi connectivity index (χ0v) is 14.8. The molecule has 0 aromatic heterocycles. The zero-order valence-electron chi connectivity index (χ0n) is 13.2. The number of ether oxygens (including phenoxy) is 1.